The first-order valence-corrected chi connectivity index (χ1v) is 9.65. The lowest BCUT2D eigenvalue weighted by molar-refractivity contribution is 0.173. The van der Waals surface area contributed by atoms with Gasteiger partial charge in [-0.2, -0.15) is 0 Å². The maximum absolute atomic E-state index is 13.3. The van der Waals surface area contributed by atoms with Crippen molar-refractivity contribution in [1.82, 2.24) is 15.1 Å². The first-order chi connectivity index (χ1) is 13.5. The minimum Gasteiger partial charge on any atom is -0.496 e. The Morgan fingerprint density at radius 1 is 1.21 bits per heavy atom. The number of halogens is 1. The maximum atomic E-state index is 13.3. The molecule has 0 saturated carbocycles. The Morgan fingerprint density at radius 2 is 1.96 bits per heavy atom. The SMILES string of the molecule is COc1ccccc1CN(Cc1ccc(F)cc1)C(=O)NC1CCCN(C)C1. The Labute approximate surface area is 166 Å². The Bertz CT molecular complexity index is 782. The summed E-state index contributed by atoms with van der Waals surface area (Å²) < 4.78 is 18.7. The van der Waals surface area contributed by atoms with Gasteiger partial charge in [-0.25, -0.2) is 9.18 Å². The van der Waals surface area contributed by atoms with E-state index in [1.807, 2.05) is 24.3 Å². The summed E-state index contributed by atoms with van der Waals surface area (Å²) in [5, 5.41) is 3.17. The summed E-state index contributed by atoms with van der Waals surface area (Å²) in [6.45, 7) is 2.72. The van der Waals surface area contributed by atoms with Gasteiger partial charge in [-0.15, -0.1) is 0 Å². The molecule has 1 aliphatic rings. The molecule has 1 aliphatic heterocycles. The molecule has 6 heteroatoms. The van der Waals surface area contributed by atoms with Gasteiger partial charge in [0.15, 0.2) is 0 Å². The zero-order valence-corrected chi connectivity index (χ0v) is 16.5. The van der Waals surface area contributed by atoms with Crippen LogP contribution in [0.3, 0.4) is 0 Å². The molecule has 28 heavy (non-hydrogen) atoms. The van der Waals surface area contributed by atoms with Crippen LogP contribution in [0.5, 0.6) is 5.75 Å². The lowest BCUT2D eigenvalue weighted by Crippen LogP contribution is -2.50. The van der Waals surface area contributed by atoms with Crippen LogP contribution in [-0.4, -0.2) is 49.1 Å². The van der Waals surface area contributed by atoms with Crippen molar-refractivity contribution in [1.29, 1.82) is 0 Å². The van der Waals surface area contributed by atoms with E-state index in [-0.39, 0.29) is 17.9 Å². The van der Waals surface area contributed by atoms with Crippen LogP contribution < -0.4 is 10.1 Å². The molecule has 1 fully saturated rings. The molecule has 0 aromatic heterocycles. The molecular weight excluding hydrogens is 357 g/mol. The number of benzene rings is 2. The molecule has 2 amide bonds. The van der Waals surface area contributed by atoms with Crippen LogP contribution in [0.1, 0.15) is 24.0 Å². The predicted octanol–water partition coefficient (Wildman–Crippen LogP) is 3.64. The Morgan fingerprint density at radius 3 is 2.68 bits per heavy atom. The molecule has 0 spiro atoms. The fourth-order valence-electron chi connectivity index (χ4n) is 3.60. The van der Waals surface area contributed by atoms with E-state index in [9.17, 15) is 9.18 Å². The highest BCUT2D eigenvalue weighted by atomic mass is 19.1. The van der Waals surface area contributed by atoms with Gasteiger partial charge in [0.25, 0.3) is 0 Å². The number of urea groups is 1. The van der Waals surface area contributed by atoms with Gasteiger partial charge in [-0.1, -0.05) is 30.3 Å². The molecule has 5 nitrogen and oxygen atoms in total. The van der Waals surface area contributed by atoms with Crippen molar-refractivity contribution in [2.45, 2.75) is 32.0 Å². The van der Waals surface area contributed by atoms with E-state index in [2.05, 4.69) is 17.3 Å². The summed E-state index contributed by atoms with van der Waals surface area (Å²) in [6, 6.07) is 14.0. The van der Waals surface area contributed by atoms with Crippen LogP contribution in [0.2, 0.25) is 0 Å². The van der Waals surface area contributed by atoms with E-state index in [0.29, 0.717) is 13.1 Å². The van der Waals surface area contributed by atoms with Crippen molar-refractivity contribution >= 4 is 6.03 Å². The number of para-hydroxylation sites is 1. The molecule has 1 saturated heterocycles. The topological polar surface area (TPSA) is 44.8 Å². The smallest absolute Gasteiger partial charge is 0.318 e. The summed E-state index contributed by atoms with van der Waals surface area (Å²) in [6.07, 6.45) is 2.06. The number of amides is 2. The quantitative estimate of drug-likeness (QED) is 0.826. The number of likely N-dealkylation sites (N-methyl/N-ethyl adjacent to an activating group) is 1. The molecule has 0 radical (unpaired) electrons. The molecule has 1 atom stereocenters. The molecule has 2 aromatic carbocycles. The highest BCUT2D eigenvalue weighted by Crippen LogP contribution is 2.21. The number of carbonyl (C=O) groups excluding carboxylic acids is 1. The summed E-state index contributed by atoms with van der Waals surface area (Å²) in [4.78, 5) is 17.1. The number of carbonyl (C=O) groups is 1. The standard InChI is InChI=1S/C22H28FN3O2/c1-25-13-5-7-20(16-25)24-22(27)26(14-17-9-11-19(23)12-10-17)15-18-6-3-4-8-21(18)28-2/h3-4,6,8-12,20H,5,7,13-16H2,1-2H3,(H,24,27). The number of hydrogen-bond acceptors (Lipinski definition) is 3. The zero-order valence-electron chi connectivity index (χ0n) is 16.5. The van der Waals surface area contributed by atoms with Crippen LogP contribution in [0.25, 0.3) is 0 Å². The lowest BCUT2D eigenvalue weighted by atomic mass is 10.1. The number of ether oxygens (including phenoxy) is 1. The van der Waals surface area contributed by atoms with E-state index >= 15 is 0 Å². The molecular formula is C22H28FN3O2. The van der Waals surface area contributed by atoms with Gasteiger partial charge < -0.3 is 19.9 Å². The fraction of sp³-hybridized carbons (Fsp3) is 0.409. The van der Waals surface area contributed by atoms with Crippen LogP contribution in [0.4, 0.5) is 9.18 Å². The van der Waals surface area contributed by atoms with E-state index in [0.717, 1.165) is 42.8 Å². The highest BCUT2D eigenvalue weighted by molar-refractivity contribution is 5.74. The average molecular weight is 385 g/mol. The van der Waals surface area contributed by atoms with E-state index < -0.39 is 0 Å². The highest BCUT2D eigenvalue weighted by Gasteiger charge is 2.23. The summed E-state index contributed by atoms with van der Waals surface area (Å²) in [5.74, 6) is 0.464. The second kappa shape index (κ2) is 9.55. The molecule has 0 aliphatic carbocycles. The van der Waals surface area contributed by atoms with Crippen LogP contribution in [-0.2, 0) is 13.1 Å². The third-order valence-electron chi connectivity index (χ3n) is 5.08. The van der Waals surface area contributed by atoms with Crippen molar-refractivity contribution < 1.29 is 13.9 Å². The molecule has 0 bridgehead atoms. The van der Waals surface area contributed by atoms with Crippen molar-refractivity contribution in [2.75, 3.05) is 27.2 Å². The van der Waals surface area contributed by atoms with Crippen LogP contribution >= 0.6 is 0 Å². The van der Waals surface area contributed by atoms with E-state index in [1.54, 1.807) is 24.1 Å². The normalized spacial score (nSPS) is 17.2. The number of methoxy groups -OCH3 is 1. The van der Waals surface area contributed by atoms with E-state index in [4.69, 9.17) is 4.74 Å². The number of nitrogens with zero attached hydrogens (tertiary/aromatic N) is 2. The minimum absolute atomic E-state index is 0.115. The molecule has 1 N–H and O–H groups in total. The van der Waals surface area contributed by atoms with E-state index in [1.165, 1.54) is 12.1 Å². The van der Waals surface area contributed by atoms with Crippen molar-refractivity contribution in [2.24, 2.45) is 0 Å². The maximum Gasteiger partial charge on any atom is 0.318 e. The third kappa shape index (κ3) is 5.45. The second-order valence-corrected chi connectivity index (χ2v) is 7.35. The van der Waals surface area contributed by atoms with Gasteiger partial charge in [0, 0.05) is 24.7 Å². The molecule has 3 rings (SSSR count). The van der Waals surface area contributed by atoms with Gasteiger partial charge in [0.1, 0.15) is 11.6 Å². The number of nitrogens with one attached hydrogen (secondary N) is 1. The van der Waals surface area contributed by atoms with Crippen molar-refractivity contribution in [3.05, 3.63) is 65.5 Å². The third-order valence-corrected chi connectivity index (χ3v) is 5.08. The number of likely N-dealkylation sites (tertiary alicyclic amines) is 1. The summed E-state index contributed by atoms with van der Waals surface area (Å²) in [7, 11) is 3.70. The average Bonchev–Trinajstić information content (AvgIpc) is 2.69. The van der Waals surface area contributed by atoms with Gasteiger partial charge in [0.2, 0.25) is 0 Å². The van der Waals surface area contributed by atoms with Crippen molar-refractivity contribution in [3.63, 3.8) is 0 Å². The Kier molecular flexibility index (Phi) is 6.87. The molecule has 150 valence electrons. The first-order valence-electron chi connectivity index (χ1n) is 9.65. The van der Waals surface area contributed by atoms with Gasteiger partial charge in [-0.3, -0.25) is 0 Å². The molecule has 1 unspecified atom stereocenters. The van der Waals surface area contributed by atoms with Gasteiger partial charge >= 0.3 is 6.03 Å². The van der Waals surface area contributed by atoms with Gasteiger partial charge in [-0.05, 0) is 50.2 Å². The second-order valence-electron chi connectivity index (χ2n) is 7.35. The summed E-state index contributed by atoms with van der Waals surface area (Å²) in [5.41, 5.74) is 1.82. The van der Waals surface area contributed by atoms with Gasteiger partial charge in [0.05, 0.1) is 13.7 Å². The number of piperidine rings is 1. The molecule has 2 aromatic rings. The fourth-order valence-corrected chi connectivity index (χ4v) is 3.60. The number of rotatable bonds is 6. The predicted molar refractivity (Wildman–Crippen MR) is 108 cm³/mol. The zero-order chi connectivity index (χ0) is 19.9. The lowest BCUT2D eigenvalue weighted by Gasteiger charge is -2.32. The van der Waals surface area contributed by atoms with Crippen LogP contribution in [0.15, 0.2) is 48.5 Å². The monoisotopic (exact) mass is 385 g/mol. The largest absolute Gasteiger partial charge is 0.496 e. The minimum atomic E-state index is -0.283. The summed E-state index contributed by atoms with van der Waals surface area (Å²) >= 11 is 0. The Hall–Kier alpha value is -2.60. The Balaban J connectivity index is 1.76. The number of hydrogen-bond donors (Lipinski definition) is 1. The van der Waals surface area contributed by atoms with Crippen LogP contribution in [0, 0.1) is 5.82 Å². The first kappa shape index (κ1) is 20.1. The molecule has 1 heterocycles. The van der Waals surface area contributed by atoms with Crippen molar-refractivity contribution in [3.8, 4) is 5.75 Å².